The van der Waals surface area contributed by atoms with Crippen molar-refractivity contribution in [1.29, 1.82) is 0 Å². The van der Waals surface area contributed by atoms with Gasteiger partial charge in [-0.15, -0.1) is 0 Å². The molecule has 0 unspecified atom stereocenters. The molecule has 3 heteroatoms. The van der Waals surface area contributed by atoms with Crippen LogP contribution in [0.5, 0.6) is 0 Å². The number of unbranched alkanes of at least 4 members (excludes halogenated alkanes) is 9. The maximum atomic E-state index is 8.41. The van der Waals surface area contributed by atoms with Crippen LogP contribution in [0.15, 0.2) is 0 Å². The average molecular weight is 388 g/mol. The van der Waals surface area contributed by atoms with Crippen molar-refractivity contribution in [1.82, 2.24) is 0 Å². The highest BCUT2D eigenvalue weighted by molar-refractivity contribution is 9.09. The van der Waals surface area contributed by atoms with Crippen LogP contribution < -0.4 is 0 Å². The third-order valence-electron chi connectivity index (χ3n) is 2.78. The number of rotatable bonds is 12. The summed E-state index contributed by atoms with van der Waals surface area (Å²) in [6.07, 6.45) is 14.4. The molecular formula is C15H32Br2O. The second-order valence-electron chi connectivity index (χ2n) is 4.64. The molecule has 0 saturated heterocycles. The number of halogens is 2. The zero-order valence-electron chi connectivity index (χ0n) is 12.1. The molecule has 0 amide bonds. The van der Waals surface area contributed by atoms with Crippen LogP contribution in [-0.4, -0.2) is 22.4 Å². The van der Waals surface area contributed by atoms with Gasteiger partial charge in [-0.25, -0.2) is 0 Å². The molecule has 0 aromatic rings. The molecule has 0 aliphatic heterocycles. The summed E-state index contributed by atoms with van der Waals surface area (Å²) in [4.78, 5) is 0. The minimum Gasteiger partial charge on any atom is -0.396 e. The van der Waals surface area contributed by atoms with Crippen LogP contribution in [0.3, 0.4) is 0 Å². The molecule has 0 aromatic heterocycles. The fraction of sp³-hybridized carbons (Fsp3) is 1.00. The Labute approximate surface area is 131 Å². The molecule has 0 fully saturated rings. The lowest BCUT2D eigenvalue weighted by molar-refractivity contribution is 0.282. The van der Waals surface area contributed by atoms with E-state index in [0.29, 0.717) is 6.61 Å². The van der Waals surface area contributed by atoms with Gasteiger partial charge in [-0.1, -0.05) is 90.2 Å². The quantitative estimate of drug-likeness (QED) is 0.318. The molecule has 18 heavy (non-hydrogen) atoms. The van der Waals surface area contributed by atoms with Crippen molar-refractivity contribution in [3.63, 3.8) is 0 Å². The molecule has 0 spiro atoms. The van der Waals surface area contributed by atoms with E-state index in [1.807, 2.05) is 0 Å². The molecule has 1 nitrogen and oxygen atoms in total. The number of aliphatic hydroxyl groups is 1. The minimum absolute atomic E-state index is 0.355. The molecular weight excluding hydrogens is 356 g/mol. The molecule has 112 valence electrons. The summed E-state index contributed by atoms with van der Waals surface area (Å²) in [7, 11) is 0. The average Bonchev–Trinajstić information content (AvgIpc) is 2.39. The predicted octanol–water partition coefficient (Wildman–Crippen LogP) is 6.07. The van der Waals surface area contributed by atoms with Crippen LogP contribution in [0.25, 0.3) is 0 Å². The van der Waals surface area contributed by atoms with Crippen LogP contribution in [0.2, 0.25) is 0 Å². The van der Waals surface area contributed by atoms with Gasteiger partial charge in [0, 0.05) is 17.3 Å². The summed E-state index contributed by atoms with van der Waals surface area (Å²) in [5, 5.41) is 10.7. The zero-order valence-corrected chi connectivity index (χ0v) is 15.3. The molecule has 0 bridgehead atoms. The smallest absolute Gasteiger partial charge is 0.0431 e. The van der Waals surface area contributed by atoms with E-state index in [0.717, 1.165) is 11.8 Å². The van der Waals surface area contributed by atoms with E-state index in [-0.39, 0.29) is 0 Å². The molecule has 0 aliphatic carbocycles. The maximum absolute atomic E-state index is 8.41. The highest BCUT2D eigenvalue weighted by Crippen LogP contribution is 2.05. The van der Waals surface area contributed by atoms with Gasteiger partial charge >= 0.3 is 0 Å². The lowest BCUT2D eigenvalue weighted by Crippen LogP contribution is -1.83. The van der Waals surface area contributed by atoms with Crippen molar-refractivity contribution in [3.05, 3.63) is 0 Å². The molecule has 0 radical (unpaired) electrons. The van der Waals surface area contributed by atoms with Gasteiger partial charge in [0.2, 0.25) is 0 Å². The van der Waals surface area contributed by atoms with Gasteiger partial charge in [0.05, 0.1) is 0 Å². The lowest BCUT2D eigenvalue weighted by atomic mass is 10.1. The minimum atomic E-state index is 0.355. The predicted molar refractivity (Wildman–Crippen MR) is 91.1 cm³/mol. The number of hydrogen-bond donors (Lipinski definition) is 1. The topological polar surface area (TPSA) is 20.2 Å². The van der Waals surface area contributed by atoms with Crippen molar-refractivity contribution in [2.24, 2.45) is 0 Å². The van der Waals surface area contributed by atoms with Gasteiger partial charge in [0.25, 0.3) is 0 Å². The second kappa shape index (κ2) is 23.0. The van der Waals surface area contributed by atoms with E-state index >= 15 is 0 Å². The number of alkyl halides is 2. The van der Waals surface area contributed by atoms with Crippen molar-refractivity contribution >= 4 is 31.9 Å². The summed E-state index contributed by atoms with van der Waals surface area (Å²) >= 11 is 6.79. The van der Waals surface area contributed by atoms with Gasteiger partial charge in [-0.3, -0.25) is 0 Å². The Bertz CT molecular complexity index is 95.1. The van der Waals surface area contributed by atoms with Crippen LogP contribution in [0.4, 0.5) is 0 Å². The van der Waals surface area contributed by atoms with Crippen LogP contribution >= 0.6 is 31.9 Å². The van der Waals surface area contributed by atoms with E-state index in [4.69, 9.17) is 5.11 Å². The first-order valence-electron chi connectivity index (χ1n) is 7.56. The Balaban J connectivity index is 0. The van der Waals surface area contributed by atoms with Crippen molar-refractivity contribution in [2.45, 2.75) is 77.6 Å². The summed E-state index contributed by atoms with van der Waals surface area (Å²) in [5.74, 6) is 0. The molecule has 0 atom stereocenters. The van der Waals surface area contributed by atoms with Gasteiger partial charge in [0.15, 0.2) is 0 Å². The molecule has 1 N–H and O–H groups in total. The summed E-state index contributed by atoms with van der Waals surface area (Å²) < 4.78 is 0. The van der Waals surface area contributed by atoms with Gasteiger partial charge < -0.3 is 5.11 Å². The van der Waals surface area contributed by atoms with Crippen LogP contribution in [-0.2, 0) is 0 Å². The van der Waals surface area contributed by atoms with Crippen LogP contribution in [0.1, 0.15) is 77.6 Å². The van der Waals surface area contributed by atoms with E-state index in [1.54, 1.807) is 0 Å². The highest BCUT2D eigenvalue weighted by Gasteiger charge is 1.87. The monoisotopic (exact) mass is 386 g/mol. The fourth-order valence-electron chi connectivity index (χ4n) is 1.61. The first kappa shape index (κ1) is 21.2. The first-order chi connectivity index (χ1) is 8.83. The second-order valence-corrected chi connectivity index (χ2v) is 6.22. The van der Waals surface area contributed by atoms with Crippen molar-refractivity contribution in [2.75, 3.05) is 17.3 Å². The lowest BCUT2D eigenvalue weighted by Gasteiger charge is -1.95. The Morgan fingerprint density at radius 3 is 1.39 bits per heavy atom. The Kier molecular flexibility index (Phi) is 27.2. The number of aliphatic hydroxyl groups excluding tert-OH is 1. The molecule has 0 aliphatic rings. The maximum Gasteiger partial charge on any atom is 0.0431 e. The van der Waals surface area contributed by atoms with E-state index in [1.165, 1.54) is 69.5 Å². The normalized spacial score (nSPS) is 10.0. The van der Waals surface area contributed by atoms with Crippen molar-refractivity contribution in [3.8, 4) is 0 Å². The SMILES string of the molecule is CCCCCCCCBr.OCCCCCCCBr. The standard InChI is InChI=1S/C8H17Br.C7H15BrO/c1-2-3-4-5-6-7-8-9;8-6-4-2-1-3-5-7-9/h2-8H2,1H3;9H,1-7H2. The van der Waals surface area contributed by atoms with Crippen LogP contribution in [0, 0.1) is 0 Å². The third kappa shape index (κ3) is 25.7. The summed E-state index contributed by atoms with van der Waals surface area (Å²) in [6.45, 7) is 2.61. The van der Waals surface area contributed by atoms with Gasteiger partial charge in [0.1, 0.15) is 0 Å². The zero-order chi connectivity index (χ0) is 13.9. The highest BCUT2D eigenvalue weighted by atomic mass is 79.9. The summed E-state index contributed by atoms with van der Waals surface area (Å²) in [5.41, 5.74) is 0. The van der Waals surface area contributed by atoms with Gasteiger partial charge in [-0.2, -0.15) is 0 Å². The van der Waals surface area contributed by atoms with Crippen molar-refractivity contribution < 1.29 is 5.11 Å². The Morgan fingerprint density at radius 1 is 0.611 bits per heavy atom. The van der Waals surface area contributed by atoms with E-state index in [9.17, 15) is 0 Å². The fourth-order valence-corrected chi connectivity index (χ4v) is 2.40. The Hall–Kier alpha value is 0.920. The first-order valence-corrected chi connectivity index (χ1v) is 9.80. The number of hydrogen-bond acceptors (Lipinski definition) is 1. The molecule has 0 aromatic carbocycles. The third-order valence-corrected chi connectivity index (χ3v) is 3.90. The molecule has 0 rings (SSSR count). The molecule has 0 heterocycles. The van der Waals surface area contributed by atoms with Gasteiger partial charge in [-0.05, 0) is 19.3 Å². The van der Waals surface area contributed by atoms with E-state index < -0.39 is 0 Å². The largest absolute Gasteiger partial charge is 0.396 e. The Morgan fingerprint density at radius 2 is 1.00 bits per heavy atom. The molecule has 0 saturated carbocycles. The van der Waals surface area contributed by atoms with E-state index in [2.05, 4.69) is 38.8 Å². The summed E-state index contributed by atoms with van der Waals surface area (Å²) in [6, 6.07) is 0.